The Bertz CT molecular complexity index is 489. The molecule has 1 rings (SSSR count). The molecule has 4 heteroatoms. The molecule has 0 bridgehead atoms. The maximum atomic E-state index is 9.75. The second-order valence-corrected chi connectivity index (χ2v) is 5.88. The minimum absolute atomic E-state index is 0.277. The Morgan fingerprint density at radius 1 is 1.33 bits per heavy atom. The molecule has 0 aromatic heterocycles. The van der Waals surface area contributed by atoms with Crippen LogP contribution in [0.25, 0.3) is 0 Å². The molecule has 0 saturated heterocycles. The lowest BCUT2D eigenvalue weighted by molar-refractivity contribution is 0.190. The van der Waals surface area contributed by atoms with Gasteiger partial charge in [-0.2, -0.15) is 5.26 Å². The van der Waals surface area contributed by atoms with Crippen LogP contribution in [0.15, 0.2) is 18.2 Å². The first-order chi connectivity index (χ1) is 9.89. The zero-order valence-corrected chi connectivity index (χ0v) is 13.3. The van der Waals surface area contributed by atoms with E-state index in [1.54, 1.807) is 20.1 Å². The van der Waals surface area contributed by atoms with Crippen LogP contribution in [0.2, 0.25) is 0 Å². The predicted molar refractivity (Wildman–Crippen MR) is 82.4 cm³/mol. The van der Waals surface area contributed by atoms with Crippen LogP contribution in [-0.4, -0.2) is 18.8 Å². The maximum Gasteiger partial charge on any atom is 0.128 e. The van der Waals surface area contributed by atoms with E-state index >= 15 is 0 Å². The molecule has 1 aromatic carbocycles. The van der Waals surface area contributed by atoms with Gasteiger partial charge in [0.25, 0.3) is 0 Å². The van der Waals surface area contributed by atoms with Crippen molar-refractivity contribution in [2.45, 2.75) is 46.1 Å². The lowest BCUT2D eigenvalue weighted by Crippen LogP contribution is -2.09. The van der Waals surface area contributed by atoms with Gasteiger partial charge in [0.05, 0.1) is 31.3 Å². The van der Waals surface area contributed by atoms with Crippen molar-refractivity contribution in [2.75, 3.05) is 13.7 Å². The summed E-state index contributed by atoms with van der Waals surface area (Å²) in [6, 6.07) is 7.72. The number of rotatable bonds is 8. The molecule has 0 fully saturated rings. The molecule has 0 radical (unpaired) electrons. The van der Waals surface area contributed by atoms with E-state index in [1.807, 2.05) is 26.0 Å². The summed E-state index contributed by atoms with van der Waals surface area (Å²) in [5.74, 6) is 1.36. The summed E-state index contributed by atoms with van der Waals surface area (Å²) in [7, 11) is 1.60. The lowest BCUT2D eigenvalue weighted by atomic mass is 9.89. The summed E-state index contributed by atoms with van der Waals surface area (Å²) in [5.41, 5.74) is 0.481. The monoisotopic (exact) mass is 291 g/mol. The second-order valence-electron chi connectivity index (χ2n) is 5.88. The van der Waals surface area contributed by atoms with Crippen LogP contribution in [-0.2, 0) is 0 Å². The van der Waals surface area contributed by atoms with Crippen molar-refractivity contribution in [2.24, 2.45) is 5.41 Å². The van der Waals surface area contributed by atoms with Gasteiger partial charge in [0.15, 0.2) is 0 Å². The third-order valence-corrected chi connectivity index (χ3v) is 3.43. The van der Waals surface area contributed by atoms with Gasteiger partial charge in [-0.15, -0.1) is 0 Å². The molecule has 0 heterocycles. The van der Waals surface area contributed by atoms with Gasteiger partial charge in [0, 0.05) is 11.6 Å². The number of aliphatic hydroxyl groups is 1. The van der Waals surface area contributed by atoms with Crippen molar-refractivity contribution in [1.82, 2.24) is 0 Å². The van der Waals surface area contributed by atoms with Gasteiger partial charge in [-0.3, -0.25) is 0 Å². The van der Waals surface area contributed by atoms with E-state index in [-0.39, 0.29) is 5.41 Å². The van der Waals surface area contributed by atoms with E-state index in [1.165, 1.54) is 0 Å². The number of nitriles is 1. The maximum absolute atomic E-state index is 9.75. The summed E-state index contributed by atoms with van der Waals surface area (Å²) in [6.45, 7) is 6.17. The fraction of sp³-hybridized carbons (Fsp3) is 0.588. The van der Waals surface area contributed by atoms with Gasteiger partial charge in [-0.25, -0.2) is 0 Å². The van der Waals surface area contributed by atoms with Crippen molar-refractivity contribution in [3.8, 4) is 17.6 Å². The van der Waals surface area contributed by atoms with Crippen LogP contribution >= 0.6 is 0 Å². The molecule has 0 saturated carbocycles. The van der Waals surface area contributed by atoms with E-state index in [2.05, 4.69) is 6.07 Å². The van der Waals surface area contributed by atoms with Gasteiger partial charge >= 0.3 is 0 Å². The van der Waals surface area contributed by atoms with Crippen LogP contribution in [0.5, 0.6) is 11.5 Å². The molecule has 1 N–H and O–H groups in total. The SMILES string of the molecule is COc1ccc(C(C)O)c(OCCCCC(C)(C)C#N)c1. The molecule has 0 amide bonds. The largest absolute Gasteiger partial charge is 0.497 e. The molecule has 116 valence electrons. The third-order valence-electron chi connectivity index (χ3n) is 3.43. The Kier molecular flexibility index (Phi) is 6.51. The zero-order valence-electron chi connectivity index (χ0n) is 13.3. The van der Waals surface area contributed by atoms with Crippen molar-refractivity contribution in [1.29, 1.82) is 5.26 Å². The highest BCUT2D eigenvalue weighted by Crippen LogP contribution is 2.30. The topological polar surface area (TPSA) is 62.5 Å². The summed E-state index contributed by atoms with van der Waals surface area (Å²) in [6.07, 6.45) is 2.09. The molecule has 0 spiro atoms. The number of methoxy groups -OCH3 is 1. The van der Waals surface area contributed by atoms with Crippen LogP contribution in [0.4, 0.5) is 0 Å². The Hall–Kier alpha value is -1.73. The normalized spacial score (nSPS) is 12.6. The van der Waals surface area contributed by atoms with Crippen molar-refractivity contribution in [3.63, 3.8) is 0 Å². The smallest absolute Gasteiger partial charge is 0.128 e. The molecular weight excluding hydrogens is 266 g/mol. The molecule has 1 unspecified atom stereocenters. The van der Waals surface area contributed by atoms with Gasteiger partial charge in [-0.05, 0) is 52.2 Å². The van der Waals surface area contributed by atoms with Crippen molar-refractivity contribution in [3.05, 3.63) is 23.8 Å². The highest BCUT2D eigenvalue weighted by Gasteiger charge is 2.15. The average Bonchev–Trinajstić information content (AvgIpc) is 2.46. The Morgan fingerprint density at radius 3 is 2.62 bits per heavy atom. The number of aliphatic hydroxyl groups excluding tert-OH is 1. The first kappa shape index (κ1) is 17.3. The van der Waals surface area contributed by atoms with E-state index in [9.17, 15) is 5.11 Å². The standard InChI is InChI=1S/C17H25NO3/c1-13(19)15-8-7-14(20-4)11-16(15)21-10-6-5-9-17(2,3)12-18/h7-8,11,13,19H,5-6,9-10H2,1-4H3. The van der Waals surface area contributed by atoms with Crippen molar-refractivity contribution < 1.29 is 14.6 Å². The number of hydrogen-bond acceptors (Lipinski definition) is 4. The van der Waals surface area contributed by atoms with Crippen LogP contribution in [0, 0.1) is 16.7 Å². The molecular formula is C17H25NO3. The van der Waals surface area contributed by atoms with Crippen molar-refractivity contribution >= 4 is 0 Å². The summed E-state index contributed by atoms with van der Waals surface area (Å²) >= 11 is 0. The highest BCUT2D eigenvalue weighted by atomic mass is 16.5. The summed E-state index contributed by atoms with van der Waals surface area (Å²) < 4.78 is 10.9. The number of hydrogen-bond donors (Lipinski definition) is 1. The summed E-state index contributed by atoms with van der Waals surface area (Å²) in [5, 5.41) is 18.7. The number of unbranched alkanes of at least 4 members (excludes halogenated alkanes) is 1. The quantitative estimate of drug-likeness (QED) is 0.739. The van der Waals surface area contributed by atoms with Gasteiger partial charge in [0.2, 0.25) is 0 Å². The molecule has 1 aromatic rings. The number of nitrogens with zero attached hydrogens (tertiary/aromatic N) is 1. The third kappa shape index (κ3) is 5.65. The molecule has 21 heavy (non-hydrogen) atoms. The first-order valence-corrected chi connectivity index (χ1v) is 7.29. The zero-order chi connectivity index (χ0) is 15.9. The molecule has 4 nitrogen and oxygen atoms in total. The number of benzene rings is 1. The Balaban J connectivity index is 2.53. The summed E-state index contributed by atoms with van der Waals surface area (Å²) in [4.78, 5) is 0. The second kappa shape index (κ2) is 7.90. The van der Waals surface area contributed by atoms with E-state index < -0.39 is 6.10 Å². The lowest BCUT2D eigenvalue weighted by Gasteiger charge is -2.16. The Labute approximate surface area is 127 Å². The Morgan fingerprint density at radius 2 is 2.05 bits per heavy atom. The predicted octanol–water partition coefficient (Wildman–Crippen LogP) is 3.85. The van der Waals surface area contributed by atoms with Crippen LogP contribution < -0.4 is 9.47 Å². The van der Waals surface area contributed by atoms with E-state index in [0.29, 0.717) is 18.1 Å². The minimum atomic E-state index is -0.580. The van der Waals surface area contributed by atoms with E-state index in [4.69, 9.17) is 14.7 Å². The molecule has 0 aliphatic carbocycles. The fourth-order valence-corrected chi connectivity index (χ4v) is 2.02. The highest BCUT2D eigenvalue weighted by molar-refractivity contribution is 5.41. The average molecular weight is 291 g/mol. The molecule has 0 aliphatic rings. The van der Waals surface area contributed by atoms with Gasteiger partial charge in [-0.1, -0.05) is 0 Å². The van der Waals surface area contributed by atoms with Gasteiger partial charge < -0.3 is 14.6 Å². The molecule has 0 aliphatic heterocycles. The molecule has 1 atom stereocenters. The van der Waals surface area contributed by atoms with Crippen LogP contribution in [0.3, 0.4) is 0 Å². The van der Waals surface area contributed by atoms with Gasteiger partial charge in [0.1, 0.15) is 11.5 Å². The minimum Gasteiger partial charge on any atom is -0.497 e. The first-order valence-electron chi connectivity index (χ1n) is 7.29. The fourth-order valence-electron chi connectivity index (χ4n) is 2.02. The van der Waals surface area contributed by atoms with Crippen LogP contribution in [0.1, 0.15) is 51.7 Å². The van der Waals surface area contributed by atoms with E-state index in [0.717, 1.165) is 24.8 Å². The number of ether oxygens (including phenoxy) is 2.